The number of aryl methyl sites for hydroxylation is 2. The second-order valence-corrected chi connectivity index (χ2v) is 11.3. The van der Waals surface area contributed by atoms with Crippen molar-refractivity contribution in [1.29, 1.82) is 0 Å². The third kappa shape index (κ3) is 4.08. The van der Waals surface area contributed by atoms with Crippen molar-refractivity contribution in [3.8, 4) is 5.75 Å². The molecule has 1 N–H and O–H groups in total. The highest BCUT2D eigenvalue weighted by molar-refractivity contribution is 8.00. The number of carbonyl (C=O) groups is 2. The van der Waals surface area contributed by atoms with Crippen LogP contribution in [0.5, 0.6) is 5.75 Å². The van der Waals surface area contributed by atoms with Gasteiger partial charge in [-0.2, -0.15) is 0 Å². The lowest BCUT2D eigenvalue weighted by molar-refractivity contribution is -0.118. The second-order valence-electron chi connectivity index (χ2n) is 8.91. The molecule has 2 aliphatic rings. The van der Waals surface area contributed by atoms with Crippen molar-refractivity contribution < 1.29 is 14.3 Å². The fraction of sp³-hybridized carbons (Fsp3) is 0.417. The molecule has 0 fully saturated rings. The number of hydrogen-bond acceptors (Lipinski definition) is 7. The Balaban J connectivity index is 1.48. The summed E-state index contributed by atoms with van der Waals surface area (Å²) in [5.41, 5.74) is 2.15. The lowest BCUT2D eigenvalue weighted by atomic mass is 10.1. The van der Waals surface area contributed by atoms with Gasteiger partial charge in [0.15, 0.2) is 17.5 Å². The minimum atomic E-state index is -0.460. The molecule has 1 aliphatic heterocycles. The molecule has 1 aromatic carbocycles. The summed E-state index contributed by atoms with van der Waals surface area (Å²) in [6.07, 6.45) is 3.04. The first-order valence-corrected chi connectivity index (χ1v) is 12.8. The van der Waals surface area contributed by atoms with Crippen molar-refractivity contribution in [2.75, 3.05) is 11.9 Å². The summed E-state index contributed by atoms with van der Waals surface area (Å²) < 4.78 is 7.13. The van der Waals surface area contributed by atoms with Gasteiger partial charge in [-0.3, -0.25) is 19.0 Å². The average Bonchev–Trinajstić information content (AvgIpc) is 3.36. The van der Waals surface area contributed by atoms with E-state index in [0.29, 0.717) is 28.7 Å². The summed E-state index contributed by atoms with van der Waals surface area (Å²) in [5.74, 6) is 0.479. The second kappa shape index (κ2) is 8.61. The normalized spacial score (nSPS) is 15.8. The van der Waals surface area contributed by atoms with Crippen molar-refractivity contribution in [3.05, 3.63) is 44.6 Å². The van der Waals surface area contributed by atoms with E-state index in [9.17, 15) is 14.4 Å². The zero-order chi connectivity index (χ0) is 23.3. The Kier molecular flexibility index (Phi) is 5.78. The number of anilines is 1. The summed E-state index contributed by atoms with van der Waals surface area (Å²) in [6, 6.07) is 5.05. The van der Waals surface area contributed by atoms with E-state index in [2.05, 4.69) is 19.2 Å². The van der Waals surface area contributed by atoms with Crippen LogP contribution in [0.3, 0.4) is 0 Å². The number of hydrogen-bond donors (Lipinski definition) is 1. The maximum Gasteiger partial charge on any atom is 0.263 e. The number of thiophene rings is 1. The average molecular weight is 484 g/mol. The quantitative estimate of drug-likeness (QED) is 0.319. The molecule has 0 saturated heterocycles. The lowest BCUT2D eigenvalue weighted by Crippen LogP contribution is -2.27. The zero-order valence-corrected chi connectivity index (χ0v) is 20.4. The summed E-state index contributed by atoms with van der Waals surface area (Å²) in [5, 5.41) is 3.63. The Morgan fingerprint density at radius 1 is 1.27 bits per heavy atom. The van der Waals surface area contributed by atoms with E-state index < -0.39 is 5.25 Å². The first-order chi connectivity index (χ1) is 15.8. The van der Waals surface area contributed by atoms with E-state index in [1.165, 1.54) is 22.2 Å². The Hall–Kier alpha value is -2.65. The molecule has 0 unspecified atom stereocenters. The maximum atomic E-state index is 13.5. The van der Waals surface area contributed by atoms with Gasteiger partial charge in [-0.1, -0.05) is 25.6 Å². The van der Waals surface area contributed by atoms with Gasteiger partial charge in [0.25, 0.3) is 11.5 Å². The van der Waals surface area contributed by atoms with Crippen LogP contribution in [0.1, 0.15) is 48.0 Å². The van der Waals surface area contributed by atoms with E-state index in [-0.39, 0.29) is 29.8 Å². The number of carbonyl (C=O) groups excluding carboxylic acids is 2. The standard InChI is InChI=1S/C24H25N3O4S2/c1-12(2)10-27-23(30)20-15-5-4-6-18(15)33-22(20)26-24(27)32-13(3)21(29)14-7-8-17-16(9-14)25-19(28)11-31-17/h7-9,12-13H,4-6,10-11H2,1-3H3,(H,25,28)/t13-/m1/s1. The Bertz CT molecular complexity index is 1340. The molecule has 5 rings (SSSR count). The highest BCUT2D eigenvalue weighted by Gasteiger charge is 2.26. The van der Waals surface area contributed by atoms with Crippen LogP contribution in [0.4, 0.5) is 5.69 Å². The summed E-state index contributed by atoms with van der Waals surface area (Å²) in [4.78, 5) is 45.3. The lowest BCUT2D eigenvalue weighted by Gasteiger charge is -2.19. The molecule has 1 atom stereocenters. The first-order valence-electron chi connectivity index (χ1n) is 11.1. The number of aromatic nitrogens is 2. The van der Waals surface area contributed by atoms with Crippen molar-refractivity contribution in [2.24, 2.45) is 5.92 Å². The fourth-order valence-corrected chi connectivity index (χ4v) is 6.65. The van der Waals surface area contributed by atoms with Crippen LogP contribution in [-0.4, -0.2) is 33.1 Å². The van der Waals surface area contributed by atoms with Gasteiger partial charge in [0.2, 0.25) is 0 Å². The fourth-order valence-electron chi connectivity index (χ4n) is 4.36. The van der Waals surface area contributed by atoms with Crippen molar-refractivity contribution in [2.45, 2.75) is 57.0 Å². The Morgan fingerprint density at radius 2 is 2.09 bits per heavy atom. The third-order valence-corrected chi connectivity index (χ3v) is 8.16. The Morgan fingerprint density at radius 3 is 2.88 bits per heavy atom. The zero-order valence-electron chi connectivity index (χ0n) is 18.8. The SMILES string of the molecule is CC(C)Cn1c(S[C@H](C)C(=O)c2ccc3c(c2)NC(=O)CO3)nc2sc3c(c2c1=O)CCC3. The highest BCUT2D eigenvalue weighted by atomic mass is 32.2. The number of Topliss-reactive ketones (excluding diaryl/α,β-unsaturated/α-hetero) is 1. The molecule has 1 aliphatic carbocycles. The number of thioether (sulfide) groups is 1. The van der Waals surface area contributed by atoms with Crippen LogP contribution in [0, 0.1) is 5.92 Å². The highest BCUT2D eigenvalue weighted by Crippen LogP contribution is 2.37. The third-order valence-electron chi connectivity index (χ3n) is 5.89. The van der Waals surface area contributed by atoms with Crippen molar-refractivity contribution in [1.82, 2.24) is 9.55 Å². The van der Waals surface area contributed by atoms with Gasteiger partial charge in [0, 0.05) is 17.0 Å². The molecular formula is C24H25N3O4S2. The van der Waals surface area contributed by atoms with Crippen molar-refractivity contribution >= 4 is 50.7 Å². The number of fused-ring (bicyclic) bond motifs is 4. The number of ketones is 1. The van der Waals surface area contributed by atoms with E-state index in [0.717, 1.165) is 29.5 Å². The number of nitrogens with zero attached hydrogens (tertiary/aromatic N) is 2. The largest absolute Gasteiger partial charge is 0.482 e. The van der Waals surface area contributed by atoms with Crippen LogP contribution in [-0.2, 0) is 24.2 Å². The number of benzene rings is 1. The van der Waals surface area contributed by atoms with Gasteiger partial charge in [0.05, 0.1) is 16.3 Å². The molecule has 172 valence electrons. The smallest absolute Gasteiger partial charge is 0.263 e. The summed E-state index contributed by atoms with van der Waals surface area (Å²) in [7, 11) is 0. The van der Waals surface area contributed by atoms with Crippen LogP contribution in [0.15, 0.2) is 28.2 Å². The number of amides is 1. The summed E-state index contributed by atoms with van der Waals surface area (Å²) in [6.45, 7) is 6.49. The molecule has 0 spiro atoms. The van der Waals surface area contributed by atoms with E-state index >= 15 is 0 Å². The molecule has 3 heterocycles. The molecule has 0 bridgehead atoms. The molecule has 7 nitrogen and oxygen atoms in total. The van der Waals surface area contributed by atoms with Gasteiger partial charge in [0.1, 0.15) is 10.6 Å². The van der Waals surface area contributed by atoms with Gasteiger partial charge >= 0.3 is 0 Å². The molecule has 2 aromatic heterocycles. The Labute approximate surface area is 199 Å². The van der Waals surface area contributed by atoms with Crippen LogP contribution in [0.25, 0.3) is 10.2 Å². The number of rotatable bonds is 6. The molecule has 9 heteroatoms. The summed E-state index contributed by atoms with van der Waals surface area (Å²) >= 11 is 2.93. The molecule has 1 amide bonds. The number of ether oxygens (including phenoxy) is 1. The topological polar surface area (TPSA) is 90.3 Å². The molecular weight excluding hydrogens is 458 g/mol. The minimum Gasteiger partial charge on any atom is -0.482 e. The van der Waals surface area contributed by atoms with Gasteiger partial charge < -0.3 is 10.1 Å². The number of nitrogens with one attached hydrogen (secondary N) is 1. The maximum absolute atomic E-state index is 13.5. The monoisotopic (exact) mass is 483 g/mol. The van der Waals surface area contributed by atoms with Gasteiger partial charge in [-0.05, 0) is 55.9 Å². The predicted molar refractivity (Wildman–Crippen MR) is 131 cm³/mol. The van der Waals surface area contributed by atoms with Crippen LogP contribution >= 0.6 is 23.1 Å². The van der Waals surface area contributed by atoms with E-state index in [1.807, 2.05) is 6.92 Å². The van der Waals surface area contributed by atoms with Crippen LogP contribution in [0.2, 0.25) is 0 Å². The molecule has 0 radical (unpaired) electrons. The van der Waals surface area contributed by atoms with Crippen LogP contribution < -0.4 is 15.6 Å². The predicted octanol–water partition coefficient (Wildman–Crippen LogP) is 4.30. The van der Waals surface area contributed by atoms with Gasteiger partial charge in [-0.15, -0.1) is 11.3 Å². The van der Waals surface area contributed by atoms with Gasteiger partial charge in [-0.25, -0.2) is 4.98 Å². The minimum absolute atomic E-state index is 0.00360. The molecule has 3 aromatic rings. The first kappa shape index (κ1) is 22.2. The van der Waals surface area contributed by atoms with E-state index in [1.54, 1.807) is 34.1 Å². The molecule has 0 saturated carbocycles. The molecule has 33 heavy (non-hydrogen) atoms. The van der Waals surface area contributed by atoms with E-state index in [4.69, 9.17) is 9.72 Å². The van der Waals surface area contributed by atoms with Crippen molar-refractivity contribution in [3.63, 3.8) is 0 Å².